The van der Waals surface area contributed by atoms with Gasteiger partial charge in [-0.15, -0.1) is 0 Å². The Morgan fingerprint density at radius 2 is 1.76 bits per heavy atom. The van der Waals surface area contributed by atoms with Gasteiger partial charge in [0, 0.05) is 18.8 Å². The average molecular weight is 256 g/mol. The Bertz CT molecular complexity index is 196. The zero-order valence-electron chi connectivity index (χ0n) is 11.4. The van der Waals surface area contributed by atoms with E-state index >= 15 is 0 Å². The highest BCUT2D eigenvalue weighted by Crippen LogP contribution is 2.25. The van der Waals surface area contributed by atoms with Gasteiger partial charge in [-0.3, -0.25) is 4.31 Å². The first-order chi connectivity index (χ1) is 8.38. The molecule has 2 nitrogen and oxygen atoms in total. The van der Waals surface area contributed by atoms with Crippen LogP contribution >= 0.6 is 11.9 Å². The van der Waals surface area contributed by atoms with Crippen molar-refractivity contribution in [2.45, 2.75) is 45.4 Å². The molecule has 0 aromatic rings. The third-order valence-corrected chi connectivity index (χ3v) is 5.42. The van der Waals surface area contributed by atoms with E-state index in [0.29, 0.717) is 0 Å². The Morgan fingerprint density at radius 1 is 1.06 bits per heavy atom. The van der Waals surface area contributed by atoms with Crippen LogP contribution < -0.4 is 0 Å². The SMILES string of the molecule is CCCSN1CCC(CCN2CCCC2)CC1. The summed E-state index contributed by atoms with van der Waals surface area (Å²) in [6.45, 7) is 9.03. The van der Waals surface area contributed by atoms with E-state index in [1.54, 1.807) is 0 Å². The lowest BCUT2D eigenvalue weighted by Gasteiger charge is -2.31. The number of hydrogen-bond donors (Lipinski definition) is 0. The summed E-state index contributed by atoms with van der Waals surface area (Å²) in [5.41, 5.74) is 0. The first-order valence-electron chi connectivity index (χ1n) is 7.48. The molecular formula is C14H28N2S. The van der Waals surface area contributed by atoms with Crippen LogP contribution in [0.2, 0.25) is 0 Å². The van der Waals surface area contributed by atoms with Crippen molar-refractivity contribution in [3.63, 3.8) is 0 Å². The minimum absolute atomic E-state index is 1.01. The summed E-state index contributed by atoms with van der Waals surface area (Å²) in [7, 11) is 0. The van der Waals surface area contributed by atoms with Crippen LogP contribution in [0.3, 0.4) is 0 Å². The predicted octanol–water partition coefficient (Wildman–Crippen LogP) is 3.24. The highest BCUT2D eigenvalue weighted by molar-refractivity contribution is 7.97. The fraction of sp³-hybridized carbons (Fsp3) is 1.00. The molecule has 0 atom stereocenters. The minimum atomic E-state index is 1.01. The Kier molecular flexibility index (Phi) is 6.16. The van der Waals surface area contributed by atoms with Crippen molar-refractivity contribution in [1.82, 2.24) is 9.21 Å². The molecule has 0 bridgehead atoms. The van der Waals surface area contributed by atoms with Crippen LogP contribution in [0.15, 0.2) is 0 Å². The standard InChI is InChI=1S/C14H28N2S/c1-2-13-17-16-11-6-14(7-12-16)5-10-15-8-3-4-9-15/h14H,2-13H2,1H3. The number of rotatable bonds is 6. The van der Waals surface area contributed by atoms with E-state index in [1.807, 2.05) is 0 Å². The Balaban J connectivity index is 1.55. The molecule has 2 heterocycles. The van der Waals surface area contributed by atoms with Crippen LogP contribution in [0.4, 0.5) is 0 Å². The van der Waals surface area contributed by atoms with E-state index in [2.05, 4.69) is 28.1 Å². The molecular weight excluding hydrogens is 228 g/mol. The van der Waals surface area contributed by atoms with Crippen molar-refractivity contribution >= 4 is 11.9 Å². The van der Waals surface area contributed by atoms with Crippen molar-refractivity contribution in [2.75, 3.05) is 38.5 Å². The second-order valence-corrected chi connectivity index (χ2v) is 6.73. The second kappa shape index (κ2) is 7.65. The third-order valence-electron chi connectivity index (χ3n) is 4.10. The van der Waals surface area contributed by atoms with Gasteiger partial charge < -0.3 is 4.90 Å². The zero-order valence-corrected chi connectivity index (χ0v) is 12.2. The van der Waals surface area contributed by atoms with Crippen molar-refractivity contribution in [3.8, 4) is 0 Å². The van der Waals surface area contributed by atoms with Gasteiger partial charge in [0.2, 0.25) is 0 Å². The first-order valence-corrected chi connectivity index (χ1v) is 8.43. The number of piperidine rings is 1. The summed E-state index contributed by atoms with van der Waals surface area (Å²) >= 11 is 2.07. The molecule has 0 spiro atoms. The maximum Gasteiger partial charge on any atom is 0.00919 e. The van der Waals surface area contributed by atoms with Gasteiger partial charge in [-0.25, -0.2) is 0 Å². The highest BCUT2D eigenvalue weighted by Gasteiger charge is 2.20. The fourth-order valence-corrected chi connectivity index (χ4v) is 3.83. The Morgan fingerprint density at radius 3 is 2.41 bits per heavy atom. The van der Waals surface area contributed by atoms with Gasteiger partial charge in [0.05, 0.1) is 0 Å². The van der Waals surface area contributed by atoms with Crippen LogP contribution in [0, 0.1) is 5.92 Å². The molecule has 0 aromatic carbocycles. The normalized spacial score (nSPS) is 24.5. The van der Waals surface area contributed by atoms with Crippen molar-refractivity contribution in [3.05, 3.63) is 0 Å². The topological polar surface area (TPSA) is 6.48 Å². The summed E-state index contributed by atoms with van der Waals surface area (Å²) < 4.78 is 2.59. The molecule has 2 fully saturated rings. The van der Waals surface area contributed by atoms with Crippen LogP contribution in [0.1, 0.15) is 45.4 Å². The van der Waals surface area contributed by atoms with E-state index in [4.69, 9.17) is 0 Å². The van der Waals surface area contributed by atoms with Crippen LogP contribution in [0.5, 0.6) is 0 Å². The molecule has 0 N–H and O–H groups in total. The van der Waals surface area contributed by atoms with E-state index in [9.17, 15) is 0 Å². The van der Waals surface area contributed by atoms with E-state index in [-0.39, 0.29) is 0 Å². The van der Waals surface area contributed by atoms with Crippen molar-refractivity contribution < 1.29 is 0 Å². The molecule has 0 amide bonds. The lowest BCUT2D eigenvalue weighted by atomic mass is 9.94. The lowest BCUT2D eigenvalue weighted by Crippen LogP contribution is -2.31. The lowest BCUT2D eigenvalue weighted by molar-refractivity contribution is 0.240. The molecule has 17 heavy (non-hydrogen) atoms. The minimum Gasteiger partial charge on any atom is -0.303 e. The zero-order chi connectivity index (χ0) is 11.9. The van der Waals surface area contributed by atoms with Crippen molar-refractivity contribution in [2.24, 2.45) is 5.92 Å². The maximum absolute atomic E-state index is 2.66. The molecule has 0 unspecified atom stereocenters. The second-order valence-electron chi connectivity index (χ2n) is 5.54. The van der Waals surface area contributed by atoms with Gasteiger partial charge in [0.15, 0.2) is 0 Å². The molecule has 3 heteroatoms. The smallest absolute Gasteiger partial charge is 0.00919 e. The quantitative estimate of drug-likeness (QED) is 0.674. The fourth-order valence-electron chi connectivity index (χ4n) is 2.92. The van der Waals surface area contributed by atoms with Crippen molar-refractivity contribution in [1.29, 1.82) is 0 Å². The van der Waals surface area contributed by atoms with Crippen LogP contribution in [-0.4, -0.2) is 47.7 Å². The molecule has 0 saturated carbocycles. The monoisotopic (exact) mass is 256 g/mol. The number of likely N-dealkylation sites (tertiary alicyclic amines) is 1. The maximum atomic E-state index is 2.66. The summed E-state index contributed by atoms with van der Waals surface area (Å²) in [5, 5.41) is 0. The predicted molar refractivity (Wildman–Crippen MR) is 77.3 cm³/mol. The summed E-state index contributed by atoms with van der Waals surface area (Å²) in [6.07, 6.45) is 8.50. The molecule has 2 rings (SSSR count). The Labute approximate surface area is 111 Å². The Hall–Kier alpha value is 0.270. The van der Waals surface area contributed by atoms with Gasteiger partial charge >= 0.3 is 0 Å². The van der Waals surface area contributed by atoms with E-state index in [1.165, 1.54) is 77.0 Å². The molecule has 2 aliphatic heterocycles. The highest BCUT2D eigenvalue weighted by atomic mass is 32.2. The molecule has 2 aliphatic rings. The largest absolute Gasteiger partial charge is 0.303 e. The molecule has 0 radical (unpaired) electrons. The number of hydrogen-bond acceptors (Lipinski definition) is 3. The van der Waals surface area contributed by atoms with Crippen LogP contribution in [-0.2, 0) is 0 Å². The van der Waals surface area contributed by atoms with Gasteiger partial charge in [0.25, 0.3) is 0 Å². The number of nitrogens with zero attached hydrogens (tertiary/aromatic N) is 2. The van der Waals surface area contributed by atoms with Gasteiger partial charge in [-0.2, -0.15) is 0 Å². The summed E-state index contributed by atoms with van der Waals surface area (Å²) in [6, 6.07) is 0. The van der Waals surface area contributed by atoms with Gasteiger partial charge in [0.1, 0.15) is 0 Å². The summed E-state index contributed by atoms with van der Waals surface area (Å²) in [5.74, 6) is 2.31. The molecule has 2 saturated heterocycles. The summed E-state index contributed by atoms with van der Waals surface area (Å²) in [4.78, 5) is 2.66. The molecule has 0 aliphatic carbocycles. The average Bonchev–Trinajstić information content (AvgIpc) is 2.88. The third kappa shape index (κ3) is 4.80. The van der Waals surface area contributed by atoms with Crippen LogP contribution in [0.25, 0.3) is 0 Å². The van der Waals surface area contributed by atoms with E-state index in [0.717, 1.165) is 5.92 Å². The molecule has 100 valence electrons. The van der Waals surface area contributed by atoms with Gasteiger partial charge in [-0.1, -0.05) is 18.9 Å². The van der Waals surface area contributed by atoms with E-state index < -0.39 is 0 Å². The molecule has 0 aromatic heterocycles. The first kappa shape index (κ1) is 13.7. The van der Waals surface area contributed by atoms with Gasteiger partial charge in [-0.05, 0) is 64.1 Å².